The topological polar surface area (TPSA) is 102 Å². The van der Waals surface area contributed by atoms with Crippen LogP contribution in [-0.4, -0.2) is 45.8 Å². The van der Waals surface area contributed by atoms with Crippen molar-refractivity contribution in [3.05, 3.63) is 0 Å². The highest BCUT2D eigenvalue weighted by molar-refractivity contribution is 5.99. The van der Waals surface area contributed by atoms with E-state index in [1.165, 1.54) is 0 Å². The van der Waals surface area contributed by atoms with Crippen molar-refractivity contribution in [1.82, 2.24) is 5.43 Å². The lowest BCUT2D eigenvalue weighted by Gasteiger charge is -2.21. The number of amides is 1. The zero-order valence-corrected chi connectivity index (χ0v) is 5.56. The summed E-state index contributed by atoms with van der Waals surface area (Å²) in [6.45, 7) is -0.488. The van der Waals surface area contributed by atoms with Crippen molar-refractivity contribution in [3.63, 3.8) is 0 Å². The molecule has 6 nitrogen and oxygen atoms in total. The largest absolute Gasteiger partial charge is 0.390 e. The third-order valence-electron chi connectivity index (χ3n) is 1.38. The SMILES string of the molecule is O=C1NN=C(CO)[C@@H](O)[C@@H]1O. The Labute approximate surface area is 62.2 Å². The van der Waals surface area contributed by atoms with E-state index in [4.69, 9.17) is 15.3 Å². The Morgan fingerprint density at radius 1 is 1.45 bits per heavy atom. The summed E-state index contributed by atoms with van der Waals surface area (Å²) in [5, 5.41) is 29.7. The van der Waals surface area contributed by atoms with Gasteiger partial charge in [0.15, 0.2) is 6.10 Å². The van der Waals surface area contributed by atoms with E-state index < -0.39 is 24.7 Å². The standard InChI is InChI=1S/C5H8N2O4/c8-1-2-3(9)4(10)5(11)7-6-2/h3-4,8-10H,1H2,(H,7,11)/t3-,4+/m1/s1. The summed E-state index contributed by atoms with van der Waals surface area (Å²) in [5.74, 6) is -0.769. The molecule has 0 bridgehead atoms. The van der Waals surface area contributed by atoms with E-state index in [1.807, 2.05) is 5.43 Å². The molecule has 0 aromatic rings. The fourth-order valence-electron chi connectivity index (χ4n) is 0.714. The number of nitrogens with zero attached hydrogens (tertiary/aromatic N) is 1. The molecule has 0 spiro atoms. The quantitative estimate of drug-likeness (QED) is 0.332. The van der Waals surface area contributed by atoms with Crippen molar-refractivity contribution >= 4 is 11.6 Å². The van der Waals surface area contributed by atoms with Crippen molar-refractivity contribution in [2.75, 3.05) is 6.61 Å². The van der Waals surface area contributed by atoms with Gasteiger partial charge in [0.05, 0.1) is 12.3 Å². The first-order valence-electron chi connectivity index (χ1n) is 3.00. The number of nitrogens with one attached hydrogen (secondary N) is 1. The highest BCUT2D eigenvalue weighted by Crippen LogP contribution is 2.01. The predicted octanol–water partition coefficient (Wildman–Crippen LogP) is -2.81. The summed E-state index contributed by atoms with van der Waals surface area (Å²) in [7, 11) is 0. The van der Waals surface area contributed by atoms with Crippen LogP contribution in [0.3, 0.4) is 0 Å². The lowest BCUT2D eigenvalue weighted by atomic mass is 10.1. The van der Waals surface area contributed by atoms with Gasteiger partial charge in [0.2, 0.25) is 0 Å². The molecule has 0 saturated carbocycles. The van der Waals surface area contributed by atoms with Crippen molar-refractivity contribution in [2.24, 2.45) is 5.10 Å². The second kappa shape index (κ2) is 2.95. The molecule has 0 saturated heterocycles. The van der Waals surface area contributed by atoms with Crippen molar-refractivity contribution in [1.29, 1.82) is 0 Å². The first-order valence-corrected chi connectivity index (χ1v) is 3.00. The highest BCUT2D eigenvalue weighted by atomic mass is 16.3. The molecule has 0 aromatic heterocycles. The number of rotatable bonds is 1. The van der Waals surface area contributed by atoms with E-state index in [0.717, 1.165) is 0 Å². The fourth-order valence-corrected chi connectivity index (χ4v) is 0.714. The van der Waals surface area contributed by atoms with Gasteiger partial charge in [0.25, 0.3) is 5.91 Å². The molecule has 1 aliphatic rings. The maximum absolute atomic E-state index is 10.6. The first kappa shape index (κ1) is 8.12. The molecule has 0 aliphatic carbocycles. The molecular formula is C5H8N2O4. The van der Waals surface area contributed by atoms with Gasteiger partial charge in [-0.15, -0.1) is 0 Å². The minimum Gasteiger partial charge on any atom is -0.390 e. The third-order valence-corrected chi connectivity index (χ3v) is 1.38. The van der Waals surface area contributed by atoms with E-state index in [1.54, 1.807) is 0 Å². The Bertz CT molecular complexity index is 203. The van der Waals surface area contributed by atoms with Gasteiger partial charge in [-0.1, -0.05) is 0 Å². The first-order chi connectivity index (χ1) is 5.16. The van der Waals surface area contributed by atoms with Gasteiger partial charge in [0.1, 0.15) is 6.10 Å². The van der Waals surface area contributed by atoms with Gasteiger partial charge in [-0.05, 0) is 0 Å². The molecule has 1 amide bonds. The maximum atomic E-state index is 10.6. The number of hydrogen-bond donors (Lipinski definition) is 4. The summed E-state index contributed by atoms with van der Waals surface area (Å²) in [6, 6.07) is 0. The third kappa shape index (κ3) is 1.37. The predicted molar refractivity (Wildman–Crippen MR) is 34.7 cm³/mol. The summed E-state index contributed by atoms with van der Waals surface area (Å²) < 4.78 is 0. The molecule has 0 fully saturated rings. The molecule has 2 atom stereocenters. The second-order valence-corrected chi connectivity index (χ2v) is 2.13. The van der Waals surface area contributed by atoms with Crippen LogP contribution >= 0.6 is 0 Å². The number of hydrazone groups is 1. The summed E-state index contributed by atoms with van der Waals surface area (Å²) in [6.07, 6.45) is -2.93. The zero-order chi connectivity index (χ0) is 8.43. The van der Waals surface area contributed by atoms with E-state index in [0.29, 0.717) is 0 Å². The number of aliphatic hydroxyl groups excluding tert-OH is 3. The molecule has 4 N–H and O–H groups in total. The Hall–Kier alpha value is -0.980. The summed E-state index contributed by atoms with van der Waals surface area (Å²) in [4.78, 5) is 10.6. The average Bonchev–Trinajstić information content (AvgIpc) is 2.01. The van der Waals surface area contributed by atoms with E-state index in [9.17, 15) is 4.79 Å². The molecular weight excluding hydrogens is 152 g/mol. The molecule has 6 heteroatoms. The minimum atomic E-state index is -1.53. The second-order valence-electron chi connectivity index (χ2n) is 2.13. The number of hydrogen-bond acceptors (Lipinski definition) is 5. The van der Waals surface area contributed by atoms with Gasteiger partial charge in [0, 0.05) is 0 Å². The summed E-state index contributed by atoms with van der Waals surface area (Å²) in [5.41, 5.74) is 1.90. The fraction of sp³-hybridized carbons (Fsp3) is 0.600. The van der Waals surface area contributed by atoms with Gasteiger partial charge >= 0.3 is 0 Å². The Kier molecular flexibility index (Phi) is 2.18. The number of carbonyl (C=O) groups excluding carboxylic acids is 1. The van der Waals surface area contributed by atoms with Crippen molar-refractivity contribution < 1.29 is 20.1 Å². The molecule has 0 radical (unpaired) electrons. The van der Waals surface area contributed by atoms with Crippen LogP contribution in [0.4, 0.5) is 0 Å². The van der Waals surface area contributed by atoms with Crippen molar-refractivity contribution in [2.45, 2.75) is 12.2 Å². The smallest absolute Gasteiger partial charge is 0.272 e. The Morgan fingerprint density at radius 3 is 2.64 bits per heavy atom. The Morgan fingerprint density at radius 2 is 2.09 bits per heavy atom. The zero-order valence-electron chi connectivity index (χ0n) is 5.56. The lowest BCUT2D eigenvalue weighted by molar-refractivity contribution is -0.133. The molecule has 1 aliphatic heterocycles. The van der Waals surface area contributed by atoms with E-state index in [2.05, 4.69) is 5.10 Å². The van der Waals surface area contributed by atoms with Crippen LogP contribution in [-0.2, 0) is 4.79 Å². The minimum absolute atomic E-state index is 0.0444. The lowest BCUT2D eigenvalue weighted by Crippen LogP contribution is -2.50. The number of carbonyl (C=O) groups is 1. The molecule has 11 heavy (non-hydrogen) atoms. The molecule has 0 aromatic carbocycles. The number of aliphatic hydroxyl groups is 3. The Balaban J connectivity index is 2.78. The van der Waals surface area contributed by atoms with Crippen LogP contribution < -0.4 is 5.43 Å². The van der Waals surface area contributed by atoms with E-state index in [-0.39, 0.29) is 5.71 Å². The normalized spacial score (nSPS) is 31.2. The van der Waals surface area contributed by atoms with Crippen LogP contribution in [0.25, 0.3) is 0 Å². The molecule has 1 heterocycles. The molecule has 1 rings (SSSR count). The van der Waals surface area contributed by atoms with Crippen LogP contribution in [0.5, 0.6) is 0 Å². The highest BCUT2D eigenvalue weighted by Gasteiger charge is 2.31. The van der Waals surface area contributed by atoms with Gasteiger partial charge < -0.3 is 15.3 Å². The van der Waals surface area contributed by atoms with Crippen LogP contribution in [0.15, 0.2) is 5.10 Å². The van der Waals surface area contributed by atoms with Crippen LogP contribution in [0.2, 0.25) is 0 Å². The van der Waals surface area contributed by atoms with Crippen LogP contribution in [0, 0.1) is 0 Å². The van der Waals surface area contributed by atoms with Gasteiger partial charge in [-0.2, -0.15) is 5.10 Å². The van der Waals surface area contributed by atoms with Gasteiger partial charge in [-0.25, -0.2) is 5.43 Å². The van der Waals surface area contributed by atoms with Crippen LogP contribution in [0.1, 0.15) is 0 Å². The summed E-state index contributed by atoms with van der Waals surface area (Å²) >= 11 is 0. The average molecular weight is 160 g/mol. The monoisotopic (exact) mass is 160 g/mol. The molecule has 0 unspecified atom stereocenters. The van der Waals surface area contributed by atoms with Gasteiger partial charge in [-0.3, -0.25) is 4.79 Å². The maximum Gasteiger partial charge on any atom is 0.272 e. The van der Waals surface area contributed by atoms with E-state index >= 15 is 0 Å². The molecule has 62 valence electrons. The van der Waals surface area contributed by atoms with Crippen molar-refractivity contribution in [3.8, 4) is 0 Å².